The standard InChI is InChI=1S/C8H16FNOS/c9-6-7(11)5-8(10)1-3-12-4-2-8/h7,11H,1-6,10H2. The predicted octanol–water partition coefficient (Wildman–Crippen LogP) is 0.931. The predicted molar refractivity (Wildman–Crippen MR) is 50.1 cm³/mol. The molecule has 1 atom stereocenters. The molecule has 0 amide bonds. The smallest absolute Gasteiger partial charge is 0.115 e. The van der Waals surface area contributed by atoms with Crippen molar-refractivity contribution < 1.29 is 9.50 Å². The Hall–Kier alpha value is 0.200. The highest BCUT2D eigenvalue weighted by atomic mass is 32.2. The van der Waals surface area contributed by atoms with Gasteiger partial charge in [0.15, 0.2) is 0 Å². The molecule has 1 aliphatic heterocycles. The maximum Gasteiger partial charge on any atom is 0.115 e. The highest BCUT2D eigenvalue weighted by Gasteiger charge is 2.29. The van der Waals surface area contributed by atoms with Crippen LogP contribution < -0.4 is 5.73 Å². The second kappa shape index (κ2) is 4.44. The van der Waals surface area contributed by atoms with Gasteiger partial charge in [0.2, 0.25) is 0 Å². The number of halogens is 1. The summed E-state index contributed by atoms with van der Waals surface area (Å²) in [6, 6.07) is 0. The van der Waals surface area contributed by atoms with Crippen molar-refractivity contribution in [3.8, 4) is 0 Å². The topological polar surface area (TPSA) is 46.2 Å². The SMILES string of the molecule is NC1(CC(O)CF)CCSCC1. The molecule has 1 rings (SSSR count). The molecule has 2 nitrogen and oxygen atoms in total. The van der Waals surface area contributed by atoms with Gasteiger partial charge in [-0.3, -0.25) is 0 Å². The van der Waals surface area contributed by atoms with E-state index >= 15 is 0 Å². The summed E-state index contributed by atoms with van der Waals surface area (Å²) in [4.78, 5) is 0. The van der Waals surface area contributed by atoms with Gasteiger partial charge in [0.05, 0.1) is 6.10 Å². The average Bonchev–Trinajstić information content (AvgIpc) is 2.05. The van der Waals surface area contributed by atoms with Gasteiger partial charge in [-0.1, -0.05) is 0 Å². The second-order valence-corrected chi connectivity index (χ2v) is 4.71. The van der Waals surface area contributed by atoms with Gasteiger partial charge >= 0.3 is 0 Å². The number of aliphatic hydroxyl groups is 1. The van der Waals surface area contributed by atoms with E-state index in [2.05, 4.69) is 0 Å². The average molecular weight is 193 g/mol. The number of hydrogen-bond donors (Lipinski definition) is 2. The largest absolute Gasteiger partial charge is 0.390 e. The van der Waals surface area contributed by atoms with Crippen LogP contribution in [-0.2, 0) is 0 Å². The minimum absolute atomic E-state index is 0.309. The molecule has 0 aromatic heterocycles. The summed E-state index contributed by atoms with van der Waals surface area (Å²) < 4.78 is 12.0. The summed E-state index contributed by atoms with van der Waals surface area (Å²) in [5.41, 5.74) is 5.69. The summed E-state index contributed by atoms with van der Waals surface area (Å²) in [5.74, 6) is 2.07. The normalized spacial score (nSPS) is 25.2. The number of alkyl halides is 1. The van der Waals surface area contributed by atoms with Crippen molar-refractivity contribution >= 4 is 11.8 Å². The fraction of sp³-hybridized carbons (Fsp3) is 1.00. The fourth-order valence-electron chi connectivity index (χ4n) is 1.51. The van der Waals surface area contributed by atoms with Crippen molar-refractivity contribution in [2.45, 2.75) is 30.9 Å². The first-order valence-corrected chi connectivity index (χ1v) is 5.42. The molecule has 0 saturated carbocycles. The summed E-state index contributed by atoms with van der Waals surface area (Å²) in [5, 5.41) is 9.11. The molecule has 1 saturated heterocycles. The van der Waals surface area contributed by atoms with E-state index in [-0.39, 0.29) is 5.54 Å². The van der Waals surface area contributed by atoms with Crippen LogP contribution in [0.3, 0.4) is 0 Å². The molecule has 3 N–H and O–H groups in total. The maximum absolute atomic E-state index is 12.0. The Balaban J connectivity index is 2.35. The highest BCUT2D eigenvalue weighted by molar-refractivity contribution is 7.99. The molecule has 1 aliphatic rings. The summed E-state index contributed by atoms with van der Waals surface area (Å²) >= 11 is 1.88. The van der Waals surface area contributed by atoms with E-state index in [9.17, 15) is 4.39 Å². The van der Waals surface area contributed by atoms with Crippen LogP contribution in [-0.4, -0.2) is 34.9 Å². The molecule has 72 valence electrons. The second-order valence-electron chi connectivity index (χ2n) is 3.49. The number of thioether (sulfide) groups is 1. The Bertz CT molecular complexity index is 139. The Kier molecular flexibility index (Phi) is 3.80. The van der Waals surface area contributed by atoms with E-state index in [1.54, 1.807) is 0 Å². The third kappa shape index (κ3) is 2.92. The van der Waals surface area contributed by atoms with E-state index in [4.69, 9.17) is 10.8 Å². The van der Waals surface area contributed by atoms with Gasteiger partial charge in [-0.2, -0.15) is 11.8 Å². The summed E-state index contributed by atoms with van der Waals surface area (Å²) in [6.45, 7) is -0.675. The van der Waals surface area contributed by atoms with Crippen LogP contribution in [0, 0.1) is 0 Å². The number of aliphatic hydroxyl groups excluding tert-OH is 1. The Morgan fingerprint density at radius 2 is 2.08 bits per heavy atom. The zero-order chi connectivity index (χ0) is 9.03. The first-order valence-electron chi connectivity index (χ1n) is 4.27. The first kappa shape index (κ1) is 10.3. The Morgan fingerprint density at radius 1 is 1.50 bits per heavy atom. The lowest BCUT2D eigenvalue weighted by Gasteiger charge is -2.34. The molecule has 0 aliphatic carbocycles. The number of rotatable bonds is 3. The van der Waals surface area contributed by atoms with Crippen LogP contribution >= 0.6 is 11.8 Å². The number of hydrogen-bond acceptors (Lipinski definition) is 3. The molecule has 1 heterocycles. The van der Waals surface area contributed by atoms with E-state index in [1.807, 2.05) is 11.8 Å². The van der Waals surface area contributed by atoms with Crippen molar-refractivity contribution in [3.63, 3.8) is 0 Å². The van der Waals surface area contributed by atoms with Crippen molar-refractivity contribution in [1.82, 2.24) is 0 Å². The van der Waals surface area contributed by atoms with Gasteiger partial charge in [-0.25, -0.2) is 4.39 Å². The van der Waals surface area contributed by atoms with Crippen LogP contribution in [0.4, 0.5) is 4.39 Å². The fourth-order valence-corrected chi connectivity index (χ4v) is 2.81. The van der Waals surface area contributed by atoms with Gasteiger partial charge in [0.25, 0.3) is 0 Å². The monoisotopic (exact) mass is 193 g/mol. The molecule has 0 spiro atoms. The van der Waals surface area contributed by atoms with Crippen LogP contribution in [0.5, 0.6) is 0 Å². The van der Waals surface area contributed by atoms with Gasteiger partial charge < -0.3 is 10.8 Å². The zero-order valence-corrected chi connectivity index (χ0v) is 7.95. The van der Waals surface area contributed by atoms with Crippen LogP contribution in [0.1, 0.15) is 19.3 Å². The lowest BCUT2D eigenvalue weighted by molar-refractivity contribution is 0.101. The molecule has 1 fully saturated rings. The molecule has 4 heteroatoms. The minimum atomic E-state index is -0.863. The third-order valence-electron chi connectivity index (χ3n) is 2.31. The van der Waals surface area contributed by atoms with Crippen molar-refractivity contribution in [3.05, 3.63) is 0 Å². The van der Waals surface area contributed by atoms with Crippen molar-refractivity contribution in [2.75, 3.05) is 18.2 Å². The molecule has 0 aromatic carbocycles. The molecule has 12 heavy (non-hydrogen) atoms. The molecule has 1 unspecified atom stereocenters. The maximum atomic E-state index is 12.0. The van der Waals surface area contributed by atoms with E-state index in [0.717, 1.165) is 24.3 Å². The Labute approximate surface area is 76.7 Å². The lowest BCUT2D eigenvalue weighted by atomic mass is 9.87. The van der Waals surface area contributed by atoms with E-state index in [1.165, 1.54) is 0 Å². The summed E-state index contributed by atoms with van der Waals surface area (Å²) in [7, 11) is 0. The van der Waals surface area contributed by atoms with Crippen molar-refractivity contribution in [1.29, 1.82) is 0 Å². The third-order valence-corrected chi connectivity index (χ3v) is 3.29. The van der Waals surface area contributed by atoms with Crippen molar-refractivity contribution in [2.24, 2.45) is 5.73 Å². The van der Waals surface area contributed by atoms with Gasteiger partial charge in [-0.15, -0.1) is 0 Å². The Morgan fingerprint density at radius 3 is 2.58 bits per heavy atom. The summed E-state index contributed by atoms with van der Waals surface area (Å²) in [6.07, 6.45) is 1.34. The van der Waals surface area contributed by atoms with Crippen LogP contribution in [0.2, 0.25) is 0 Å². The van der Waals surface area contributed by atoms with Crippen LogP contribution in [0.15, 0.2) is 0 Å². The minimum Gasteiger partial charge on any atom is -0.390 e. The lowest BCUT2D eigenvalue weighted by Crippen LogP contribution is -2.46. The van der Waals surface area contributed by atoms with E-state index < -0.39 is 12.8 Å². The highest BCUT2D eigenvalue weighted by Crippen LogP contribution is 2.28. The zero-order valence-electron chi connectivity index (χ0n) is 7.13. The van der Waals surface area contributed by atoms with E-state index in [0.29, 0.717) is 6.42 Å². The van der Waals surface area contributed by atoms with Gasteiger partial charge in [0.1, 0.15) is 6.67 Å². The first-order chi connectivity index (χ1) is 5.66. The van der Waals surface area contributed by atoms with Crippen LogP contribution in [0.25, 0.3) is 0 Å². The molecule has 0 bridgehead atoms. The number of nitrogens with two attached hydrogens (primary N) is 1. The molecule has 0 radical (unpaired) electrons. The molecule has 0 aromatic rings. The molecular formula is C8H16FNOS. The quantitative estimate of drug-likeness (QED) is 0.701. The van der Waals surface area contributed by atoms with Gasteiger partial charge in [0, 0.05) is 5.54 Å². The molecular weight excluding hydrogens is 177 g/mol. The van der Waals surface area contributed by atoms with Gasteiger partial charge in [-0.05, 0) is 30.8 Å².